The molecule has 0 aliphatic carbocycles. The normalized spacial score (nSPS) is 10.2. The van der Waals surface area contributed by atoms with Gasteiger partial charge < -0.3 is 5.32 Å². The van der Waals surface area contributed by atoms with Crippen LogP contribution < -0.4 is 5.32 Å². The van der Waals surface area contributed by atoms with E-state index in [1.165, 1.54) is 6.33 Å². The SMILES string of the molecule is c1n[nH]c(CCNc2nccs2)n1. The van der Waals surface area contributed by atoms with Crippen LogP contribution in [-0.4, -0.2) is 26.7 Å². The summed E-state index contributed by atoms with van der Waals surface area (Å²) in [5, 5.41) is 12.6. The van der Waals surface area contributed by atoms with Crippen molar-refractivity contribution in [2.75, 3.05) is 11.9 Å². The number of nitrogens with one attached hydrogen (secondary N) is 2. The average Bonchev–Trinajstić information content (AvgIpc) is 2.75. The molecule has 0 atom stereocenters. The van der Waals surface area contributed by atoms with Gasteiger partial charge in [-0.3, -0.25) is 5.10 Å². The highest BCUT2D eigenvalue weighted by molar-refractivity contribution is 7.13. The molecular formula is C7H9N5S. The summed E-state index contributed by atoms with van der Waals surface area (Å²) in [6.07, 6.45) is 4.12. The molecule has 2 N–H and O–H groups in total. The summed E-state index contributed by atoms with van der Waals surface area (Å²) in [5.74, 6) is 0.893. The highest BCUT2D eigenvalue weighted by atomic mass is 32.1. The Labute approximate surface area is 79.2 Å². The van der Waals surface area contributed by atoms with E-state index in [0.717, 1.165) is 23.9 Å². The Kier molecular flexibility index (Phi) is 2.51. The topological polar surface area (TPSA) is 66.5 Å². The lowest BCUT2D eigenvalue weighted by molar-refractivity contribution is 0.900. The van der Waals surface area contributed by atoms with Gasteiger partial charge in [0.2, 0.25) is 0 Å². The first-order chi connectivity index (χ1) is 6.45. The van der Waals surface area contributed by atoms with E-state index in [2.05, 4.69) is 25.5 Å². The molecule has 13 heavy (non-hydrogen) atoms. The van der Waals surface area contributed by atoms with Crippen LogP contribution in [0, 0.1) is 0 Å². The van der Waals surface area contributed by atoms with E-state index in [0.29, 0.717) is 0 Å². The van der Waals surface area contributed by atoms with Gasteiger partial charge in [-0.25, -0.2) is 9.97 Å². The van der Waals surface area contributed by atoms with Crippen LogP contribution >= 0.6 is 11.3 Å². The summed E-state index contributed by atoms with van der Waals surface area (Å²) in [7, 11) is 0. The average molecular weight is 195 g/mol. The van der Waals surface area contributed by atoms with Crippen molar-refractivity contribution < 1.29 is 0 Å². The van der Waals surface area contributed by atoms with E-state index < -0.39 is 0 Å². The van der Waals surface area contributed by atoms with E-state index in [-0.39, 0.29) is 0 Å². The second kappa shape index (κ2) is 3.99. The van der Waals surface area contributed by atoms with Gasteiger partial charge in [0.25, 0.3) is 0 Å². The number of anilines is 1. The lowest BCUT2D eigenvalue weighted by Gasteiger charge is -1.98. The first-order valence-electron chi connectivity index (χ1n) is 3.93. The highest BCUT2D eigenvalue weighted by Crippen LogP contribution is 2.09. The smallest absolute Gasteiger partial charge is 0.182 e. The van der Waals surface area contributed by atoms with Gasteiger partial charge in [0.15, 0.2) is 5.13 Å². The molecule has 0 spiro atoms. The predicted molar refractivity (Wildman–Crippen MR) is 50.7 cm³/mol. The van der Waals surface area contributed by atoms with Crippen molar-refractivity contribution in [1.29, 1.82) is 0 Å². The van der Waals surface area contributed by atoms with Crippen LogP contribution in [0.4, 0.5) is 5.13 Å². The maximum atomic E-state index is 4.10. The number of aromatic amines is 1. The number of H-pyrrole nitrogens is 1. The van der Waals surface area contributed by atoms with E-state index >= 15 is 0 Å². The molecule has 2 heterocycles. The molecule has 0 unspecified atom stereocenters. The molecule has 0 bridgehead atoms. The summed E-state index contributed by atoms with van der Waals surface area (Å²) in [4.78, 5) is 8.11. The Morgan fingerprint density at radius 3 is 3.15 bits per heavy atom. The minimum absolute atomic E-state index is 0.822. The molecular weight excluding hydrogens is 186 g/mol. The van der Waals surface area contributed by atoms with Crippen LogP contribution in [0.2, 0.25) is 0 Å². The van der Waals surface area contributed by atoms with Crippen LogP contribution in [0.3, 0.4) is 0 Å². The first kappa shape index (κ1) is 8.18. The van der Waals surface area contributed by atoms with E-state index in [9.17, 15) is 0 Å². The lowest BCUT2D eigenvalue weighted by Crippen LogP contribution is -2.05. The van der Waals surface area contributed by atoms with Crippen molar-refractivity contribution in [2.24, 2.45) is 0 Å². The van der Waals surface area contributed by atoms with Crippen molar-refractivity contribution in [1.82, 2.24) is 20.2 Å². The van der Waals surface area contributed by atoms with E-state index in [1.54, 1.807) is 17.5 Å². The molecule has 5 nitrogen and oxygen atoms in total. The van der Waals surface area contributed by atoms with Crippen molar-refractivity contribution in [3.05, 3.63) is 23.7 Å². The van der Waals surface area contributed by atoms with Gasteiger partial charge in [0, 0.05) is 24.5 Å². The lowest BCUT2D eigenvalue weighted by atomic mass is 10.4. The minimum atomic E-state index is 0.822. The van der Waals surface area contributed by atoms with Gasteiger partial charge >= 0.3 is 0 Å². The Hall–Kier alpha value is -1.43. The third-order valence-electron chi connectivity index (χ3n) is 1.54. The molecule has 0 saturated carbocycles. The maximum Gasteiger partial charge on any atom is 0.182 e. The van der Waals surface area contributed by atoms with Crippen LogP contribution in [0.15, 0.2) is 17.9 Å². The quantitative estimate of drug-likeness (QED) is 0.761. The monoisotopic (exact) mass is 195 g/mol. The van der Waals surface area contributed by atoms with Gasteiger partial charge in [0.1, 0.15) is 12.2 Å². The summed E-state index contributed by atoms with van der Waals surface area (Å²) in [5.41, 5.74) is 0. The highest BCUT2D eigenvalue weighted by Gasteiger charge is 1.96. The molecule has 0 fully saturated rings. The molecule has 6 heteroatoms. The number of hydrogen-bond acceptors (Lipinski definition) is 5. The second-order valence-electron chi connectivity index (χ2n) is 2.45. The largest absolute Gasteiger partial charge is 0.361 e. The number of aromatic nitrogens is 4. The van der Waals surface area contributed by atoms with Crippen molar-refractivity contribution in [3.8, 4) is 0 Å². The molecule has 2 aromatic heterocycles. The second-order valence-corrected chi connectivity index (χ2v) is 3.34. The fourth-order valence-corrected chi connectivity index (χ4v) is 1.51. The zero-order valence-corrected chi connectivity index (χ0v) is 7.71. The van der Waals surface area contributed by atoms with Crippen LogP contribution in [0.25, 0.3) is 0 Å². The summed E-state index contributed by atoms with van der Waals surface area (Å²) in [6.45, 7) is 0.822. The van der Waals surface area contributed by atoms with Gasteiger partial charge in [0.05, 0.1) is 0 Å². The van der Waals surface area contributed by atoms with Crippen molar-refractivity contribution in [2.45, 2.75) is 6.42 Å². The number of hydrogen-bond donors (Lipinski definition) is 2. The maximum absolute atomic E-state index is 4.10. The molecule has 2 rings (SSSR count). The van der Waals surface area contributed by atoms with Gasteiger partial charge in [-0.2, -0.15) is 5.10 Å². The molecule has 0 aliphatic heterocycles. The van der Waals surface area contributed by atoms with Crippen LogP contribution in [0.1, 0.15) is 5.82 Å². The summed E-state index contributed by atoms with van der Waals surface area (Å²) >= 11 is 1.59. The van der Waals surface area contributed by atoms with Crippen molar-refractivity contribution in [3.63, 3.8) is 0 Å². The van der Waals surface area contributed by atoms with E-state index in [4.69, 9.17) is 0 Å². The van der Waals surface area contributed by atoms with Gasteiger partial charge in [-0.1, -0.05) is 0 Å². The van der Waals surface area contributed by atoms with E-state index in [1.807, 2.05) is 5.38 Å². The fourth-order valence-electron chi connectivity index (χ4n) is 0.950. The molecule has 0 saturated heterocycles. The molecule has 0 aliphatic rings. The number of nitrogens with zero attached hydrogens (tertiary/aromatic N) is 3. The van der Waals surface area contributed by atoms with Gasteiger partial charge in [-0.15, -0.1) is 11.3 Å². The molecule has 0 aromatic carbocycles. The molecule has 0 radical (unpaired) electrons. The standard InChI is InChI=1S/C7H9N5S/c1(6-10-5-11-12-6)2-8-7-9-3-4-13-7/h3-5H,1-2H2,(H,8,9)(H,10,11,12). The Bertz CT molecular complexity index is 293. The zero-order valence-electron chi connectivity index (χ0n) is 6.90. The van der Waals surface area contributed by atoms with Gasteiger partial charge in [-0.05, 0) is 0 Å². The fraction of sp³-hybridized carbons (Fsp3) is 0.286. The molecule has 2 aromatic rings. The summed E-state index contributed by atoms with van der Waals surface area (Å²) in [6, 6.07) is 0. The number of rotatable bonds is 4. The third kappa shape index (κ3) is 2.25. The molecule has 68 valence electrons. The predicted octanol–water partition coefficient (Wildman–Crippen LogP) is 0.916. The molecule has 0 amide bonds. The Morgan fingerprint density at radius 1 is 1.46 bits per heavy atom. The van der Waals surface area contributed by atoms with Crippen molar-refractivity contribution >= 4 is 16.5 Å². The Balaban J connectivity index is 1.76. The summed E-state index contributed by atoms with van der Waals surface area (Å²) < 4.78 is 0. The van der Waals surface area contributed by atoms with Crippen LogP contribution in [0.5, 0.6) is 0 Å². The Morgan fingerprint density at radius 2 is 2.46 bits per heavy atom. The zero-order chi connectivity index (χ0) is 8.93. The minimum Gasteiger partial charge on any atom is -0.361 e. The van der Waals surface area contributed by atoms with Crippen LogP contribution in [-0.2, 0) is 6.42 Å². The number of thiazole rings is 1. The first-order valence-corrected chi connectivity index (χ1v) is 4.81. The third-order valence-corrected chi connectivity index (χ3v) is 2.27.